The van der Waals surface area contributed by atoms with E-state index in [2.05, 4.69) is 4.99 Å². The molecule has 4 nitrogen and oxygen atoms in total. The Labute approximate surface area is 128 Å². The number of carbonyl (C=O) groups is 1. The number of hydrogen-bond donors (Lipinski definition) is 1. The molecule has 0 aliphatic carbocycles. The van der Waals surface area contributed by atoms with Gasteiger partial charge in [-0.3, -0.25) is 9.79 Å². The van der Waals surface area contributed by atoms with Gasteiger partial charge in [-0.05, 0) is 30.3 Å². The normalized spacial score (nSPS) is 20.9. The minimum atomic E-state index is -1.20. The van der Waals surface area contributed by atoms with Crippen molar-refractivity contribution in [2.24, 2.45) is 10.7 Å². The molecule has 112 valence electrons. The lowest BCUT2D eigenvalue weighted by Crippen LogP contribution is -2.58. The number of anilines is 1. The molecule has 1 heterocycles. The minimum absolute atomic E-state index is 0.133. The minimum Gasteiger partial charge on any atom is -0.348 e. The first kappa shape index (κ1) is 14.4. The van der Waals surface area contributed by atoms with E-state index in [1.807, 2.05) is 24.3 Å². The number of halogens is 1. The van der Waals surface area contributed by atoms with E-state index >= 15 is 0 Å². The molecule has 0 saturated heterocycles. The molecule has 0 aromatic heterocycles. The second-order valence-electron chi connectivity index (χ2n) is 5.36. The number of hydrogen-bond acceptors (Lipinski definition) is 4. The van der Waals surface area contributed by atoms with Crippen molar-refractivity contribution in [3.8, 4) is 0 Å². The second kappa shape index (κ2) is 5.35. The Morgan fingerprint density at radius 1 is 1.23 bits per heavy atom. The number of carbonyl (C=O) groups excluding carboxylic acids is 1. The molecule has 5 heteroatoms. The van der Waals surface area contributed by atoms with Crippen molar-refractivity contribution >= 4 is 17.7 Å². The first-order chi connectivity index (χ1) is 10.5. The molecule has 1 aliphatic heterocycles. The van der Waals surface area contributed by atoms with Crippen LogP contribution in [0, 0.1) is 5.82 Å². The molecule has 1 atom stereocenters. The number of para-hydroxylation sites is 1. The molecule has 0 saturated carbocycles. The van der Waals surface area contributed by atoms with E-state index in [4.69, 9.17) is 5.73 Å². The molecule has 0 radical (unpaired) electrons. The lowest BCUT2D eigenvalue weighted by atomic mass is 10.00. The Hall–Kier alpha value is -2.53. The predicted molar refractivity (Wildman–Crippen MR) is 84.7 cm³/mol. The zero-order chi connectivity index (χ0) is 15.7. The average molecular weight is 297 g/mol. The van der Waals surface area contributed by atoms with Crippen molar-refractivity contribution in [3.63, 3.8) is 0 Å². The smallest absolute Gasteiger partial charge is 0.165 e. The summed E-state index contributed by atoms with van der Waals surface area (Å²) in [5.41, 5.74) is 8.15. The molecule has 3 rings (SSSR count). The highest BCUT2D eigenvalue weighted by Crippen LogP contribution is 2.29. The summed E-state index contributed by atoms with van der Waals surface area (Å²) in [7, 11) is 1.77. The largest absolute Gasteiger partial charge is 0.348 e. The third kappa shape index (κ3) is 2.29. The van der Waals surface area contributed by atoms with Crippen LogP contribution in [-0.2, 0) is 4.79 Å². The van der Waals surface area contributed by atoms with Crippen molar-refractivity contribution in [2.45, 2.75) is 5.66 Å². The molecule has 2 aromatic rings. The van der Waals surface area contributed by atoms with Gasteiger partial charge >= 0.3 is 0 Å². The van der Waals surface area contributed by atoms with Crippen molar-refractivity contribution in [1.82, 2.24) is 0 Å². The summed E-state index contributed by atoms with van der Waals surface area (Å²) in [6.07, 6.45) is 0.709. The van der Waals surface area contributed by atoms with E-state index in [9.17, 15) is 9.18 Å². The van der Waals surface area contributed by atoms with E-state index < -0.39 is 5.66 Å². The van der Waals surface area contributed by atoms with Gasteiger partial charge in [0.25, 0.3) is 0 Å². The summed E-state index contributed by atoms with van der Waals surface area (Å²) in [4.78, 5) is 17.7. The number of likely N-dealkylation sites (N-methyl/N-ethyl adjacent to an activating group) is 1. The highest BCUT2D eigenvalue weighted by atomic mass is 19.1. The van der Waals surface area contributed by atoms with Gasteiger partial charge in [0.05, 0.1) is 12.3 Å². The van der Waals surface area contributed by atoms with Crippen LogP contribution < -0.4 is 10.6 Å². The van der Waals surface area contributed by atoms with Crippen LogP contribution in [0.25, 0.3) is 0 Å². The van der Waals surface area contributed by atoms with Crippen molar-refractivity contribution < 1.29 is 9.18 Å². The number of aliphatic imine (C=N–C) groups is 1. The summed E-state index contributed by atoms with van der Waals surface area (Å²) in [5.74, 6) is -0.301. The Kier molecular flexibility index (Phi) is 3.50. The SMILES string of the molecule is CN1c2ccccc2C(c2ccc(F)cc2)=NCC1(N)C=O. The maximum Gasteiger partial charge on any atom is 0.165 e. The molecule has 22 heavy (non-hydrogen) atoms. The Morgan fingerprint density at radius 3 is 2.59 bits per heavy atom. The van der Waals surface area contributed by atoms with E-state index in [-0.39, 0.29) is 12.4 Å². The quantitative estimate of drug-likeness (QED) is 0.862. The molecule has 1 unspecified atom stereocenters. The first-order valence-electron chi connectivity index (χ1n) is 6.94. The van der Waals surface area contributed by atoms with E-state index in [1.165, 1.54) is 12.1 Å². The first-order valence-corrected chi connectivity index (χ1v) is 6.94. The Bertz CT molecular complexity index is 742. The third-order valence-electron chi connectivity index (χ3n) is 3.96. The van der Waals surface area contributed by atoms with Gasteiger partial charge in [0, 0.05) is 23.9 Å². The lowest BCUT2D eigenvalue weighted by molar-refractivity contribution is -0.111. The fourth-order valence-corrected chi connectivity index (χ4v) is 2.56. The number of aldehydes is 1. The van der Waals surface area contributed by atoms with Crippen LogP contribution in [-0.4, -0.2) is 31.3 Å². The van der Waals surface area contributed by atoms with E-state index in [0.717, 1.165) is 16.8 Å². The second-order valence-corrected chi connectivity index (χ2v) is 5.36. The summed E-state index contributed by atoms with van der Waals surface area (Å²) < 4.78 is 13.2. The van der Waals surface area contributed by atoms with Gasteiger partial charge in [-0.25, -0.2) is 4.39 Å². The number of fused-ring (bicyclic) bond motifs is 1. The topological polar surface area (TPSA) is 58.7 Å². The fraction of sp³-hybridized carbons (Fsp3) is 0.176. The zero-order valence-electron chi connectivity index (χ0n) is 12.2. The van der Waals surface area contributed by atoms with Crippen LogP contribution in [0.2, 0.25) is 0 Å². The number of benzodiazepines with no additional fused rings is 1. The van der Waals surface area contributed by atoms with Gasteiger partial charge in [-0.1, -0.05) is 18.2 Å². The van der Waals surface area contributed by atoms with Gasteiger partial charge < -0.3 is 10.6 Å². The standard InChI is InChI=1S/C17H16FN3O/c1-21-15-5-3-2-4-14(15)16(20-10-17(21,19)11-22)12-6-8-13(18)9-7-12/h2-9,11H,10,19H2,1H3. The Balaban J connectivity index is 2.20. The molecule has 1 aliphatic rings. The van der Waals surface area contributed by atoms with Crippen LogP contribution in [0.1, 0.15) is 11.1 Å². The van der Waals surface area contributed by atoms with E-state index in [1.54, 1.807) is 24.1 Å². The van der Waals surface area contributed by atoms with Crippen molar-refractivity contribution in [2.75, 3.05) is 18.5 Å². The van der Waals surface area contributed by atoms with Crippen molar-refractivity contribution in [1.29, 1.82) is 0 Å². The molecule has 2 aromatic carbocycles. The molecule has 0 spiro atoms. The Morgan fingerprint density at radius 2 is 1.91 bits per heavy atom. The number of nitrogens with zero attached hydrogens (tertiary/aromatic N) is 2. The highest BCUT2D eigenvalue weighted by Gasteiger charge is 2.34. The van der Waals surface area contributed by atoms with Gasteiger partial charge in [-0.15, -0.1) is 0 Å². The van der Waals surface area contributed by atoms with Gasteiger partial charge in [0.2, 0.25) is 0 Å². The summed E-state index contributed by atoms with van der Waals surface area (Å²) in [5, 5.41) is 0. The van der Waals surface area contributed by atoms with Crippen LogP contribution >= 0.6 is 0 Å². The third-order valence-corrected chi connectivity index (χ3v) is 3.96. The van der Waals surface area contributed by atoms with Gasteiger partial charge in [0.1, 0.15) is 5.82 Å². The molecular weight excluding hydrogens is 281 g/mol. The zero-order valence-corrected chi connectivity index (χ0v) is 12.2. The molecule has 2 N–H and O–H groups in total. The fourth-order valence-electron chi connectivity index (χ4n) is 2.56. The van der Waals surface area contributed by atoms with Gasteiger partial charge in [-0.2, -0.15) is 0 Å². The highest BCUT2D eigenvalue weighted by molar-refractivity contribution is 6.16. The lowest BCUT2D eigenvalue weighted by Gasteiger charge is -2.33. The van der Waals surface area contributed by atoms with Crippen LogP contribution in [0.3, 0.4) is 0 Å². The summed E-state index contributed by atoms with van der Waals surface area (Å²) in [6, 6.07) is 13.7. The maximum atomic E-state index is 13.2. The number of benzene rings is 2. The summed E-state index contributed by atoms with van der Waals surface area (Å²) >= 11 is 0. The molecule has 0 amide bonds. The maximum absolute atomic E-state index is 13.2. The predicted octanol–water partition coefficient (Wildman–Crippen LogP) is 1.97. The molecular formula is C17H16FN3O. The summed E-state index contributed by atoms with van der Waals surface area (Å²) in [6.45, 7) is 0.133. The van der Waals surface area contributed by atoms with E-state index in [0.29, 0.717) is 12.0 Å². The molecule has 0 fully saturated rings. The van der Waals surface area contributed by atoms with Gasteiger partial charge in [0.15, 0.2) is 11.9 Å². The van der Waals surface area contributed by atoms with Crippen LogP contribution in [0.15, 0.2) is 53.5 Å². The average Bonchev–Trinajstić information content (AvgIpc) is 2.66. The monoisotopic (exact) mass is 297 g/mol. The molecule has 0 bridgehead atoms. The van der Waals surface area contributed by atoms with Crippen LogP contribution in [0.4, 0.5) is 10.1 Å². The van der Waals surface area contributed by atoms with Crippen LogP contribution in [0.5, 0.6) is 0 Å². The van der Waals surface area contributed by atoms with Crippen molar-refractivity contribution in [3.05, 3.63) is 65.5 Å². The number of rotatable bonds is 2. The number of nitrogens with two attached hydrogens (primary N) is 1.